The molecule has 0 unspecified atom stereocenters. The molecule has 0 amide bonds. The number of hydrogen-bond donors (Lipinski definition) is 0. The van der Waals surface area contributed by atoms with E-state index >= 15 is 0 Å². The summed E-state index contributed by atoms with van der Waals surface area (Å²) in [6, 6.07) is 6.27. The summed E-state index contributed by atoms with van der Waals surface area (Å²) in [5, 5.41) is 3.73. The normalized spacial score (nSPS) is 16.7. The molecule has 0 atom stereocenters. The molecule has 1 saturated heterocycles. The quantitative estimate of drug-likeness (QED) is 0.757. The minimum atomic E-state index is -3.60. The van der Waals surface area contributed by atoms with E-state index in [1.54, 1.807) is 32.0 Å². The molecule has 3 rings (SSSR count). The molecule has 1 fully saturated rings. The van der Waals surface area contributed by atoms with Crippen molar-refractivity contribution in [2.24, 2.45) is 0 Å². The molecule has 7 nitrogen and oxygen atoms in total. The van der Waals surface area contributed by atoms with Gasteiger partial charge in [0, 0.05) is 32.7 Å². The highest BCUT2D eigenvalue weighted by Gasteiger charge is 2.33. The molecule has 0 radical (unpaired) electrons. The molecule has 1 aliphatic heterocycles. The van der Waals surface area contributed by atoms with Crippen molar-refractivity contribution in [2.45, 2.75) is 18.7 Å². The molecule has 0 N–H and O–H groups in total. The lowest BCUT2D eigenvalue weighted by atomic mass is 10.3. The lowest BCUT2D eigenvalue weighted by Crippen LogP contribution is -2.49. The Hall–Kier alpha value is -1.97. The van der Waals surface area contributed by atoms with Gasteiger partial charge < -0.3 is 9.26 Å². The van der Waals surface area contributed by atoms with Gasteiger partial charge in [0.1, 0.15) is 17.2 Å². The van der Waals surface area contributed by atoms with Gasteiger partial charge in [-0.05, 0) is 26.0 Å². The number of hydrogen-bond acceptors (Lipinski definition) is 6. The van der Waals surface area contributed by atoms with Crippen molar-refractivity contribution in [2.75, 3.05) is 39.3 Å². The third-order valence-corrected chi connectivity index (χ3v) is 6.54. The molecular weight excluding hydrogens is 361 g/mol. The average Bonchev–Trinajstić information content (AvgIpc) is 2.96. The smallest absolute Gasteiger partial charge is 0.248 e. The maximum atomic E-state index is 13.5. The lowest BCUT2D eigenvalue weighted by molar-refractivity contribution is 0.157. The minimum absolute atomic E-state index is 0.161. The summed E-state index contributed by atoms with van der Waals surface area (Å²) in [5.41, 5.74) is 0.378. The van der Waals surface area contributed by atoms with Crippen LogP contribution in [0, 0.1) is 19.7 Å². The summed E-state index contributed by atoms with van der Waals surface area (Å²) in [6.07, 6.45) is 0. The van der Waals surface area contributed by atoms with Crippen molar-refractivity contribution in [1.82, 2.24) is 14.4 Å². The van der Waals surface area contributed by atoms with E-state index in [9.17, 15) is 12.8 Å². The molecule has 0 aliphatic carbocycles. The molecule has 0 saturated carbocycles. The van der Waals surface area contributed by atoms with Gasteiger partial charge in [0.15, 0.2) is 17.3 Å². The first-order valence-corrected chi connectivity index (χ1v) is 9.86. The Kier molecular flexibility index (Phi) is 5.59. The maximum absolute atomic E-state index is 13.5. The fourth-order valence-electron chi connectivity index (χ4n) is 3.01. The highest BCUT2D eigenvalue weighted by Crippen LogP contribution is 2.24. The van der Waals surface area contributed by atoms with Crippen LogP contribution in [0.3, 0.4) is 0 Å². The molecule has 142 valence electrons. The fourth-order valence-corrected chi connectivity index (χ4v) is 4.73. The molecule has 26 heavy (non-hydrogen) atoms. The first-order valence-electron chi connectivity index (χ1n) is 8.42. The van der Waals surface area contributed by atoms with Crippen LogP contribution in [0.25, 0.3) is 0 Å². The zero-order valence-corrected chi connectivity index (χ0v) is 15.6. The van der Waals surface area contributed by atoms with Crippen LogP contribution in [-0.2, 0) is 10.0 Å². The Labute approximate surface area is 152 Å². The predicted molar refractivity (Wildman–Crippen MR) is 93.1 cm³/mol. The van der Waals surface area contributed by atoms with E-state index in [0.29, 0.717) is 50.8 Å². The van der Waals surface area contributed by atoms with Crippen LogP contribution in [0.5, 0.6) is 5.75 Å². The number of benzene rings is 1. The number of piperazine rings is 1. The van der Waals surface area contributed by atoms with Gasteiger partial charge in [-0.15, -0.1) is 0 Å². The van der Waals surface area contributed by atoms with E-state index in [4.69, 9.17) is 9.26 Å². The van der Waals surface area contributed by atoms with Gasteiger partial charge in [-0.25, -0.2) is 12.8 Å². The standard InChI is InChI=1S/C17H22FN3O4S/c1-13-17(14(2)25-19-13)26(22,23)21-9-7-20(8-10-21)11-12-24-16-6-4-3-5-15(16)18/h3-6H,7-12H2,1-2H3. The number of ether oxygens (including phenoxy) is 1. The van der Waals surface area contributed by atoms with E-state index in [0.717, 1.165) is 0 Å². The van der Waals surface area contributed by atoms with E-state index in [2.05, 4.69) is 10.1 Å². The van der Waals surface area contributed by atoms with Gasteiger partial charge in [0.25, 0.3) is 0 Å². The molecule has 0 bridgehead atoms. The van der Waals surface area contributed by atoms with Crippen molar-refractivity contribution >= 4 is 10.0 Å². The van der Waals surface area contributed by atoms with E-state index in [1.807, 2.05) is 0 Å². The number of halogens is 1. The molecule has 0 spiro atoms. The highest BCUT2D eigenvalue weighted by atomic mass is 32.2. The van der Waals surface area contributed by atoms with Gasteiger partial charge in [0.2, 0.25) is 10.0 Å². The molecule has 2 aromatic rings. The SMILES string of the molecule is Cc1noc(C)c1S(=O)(=O)N1CCN(CCOc2ccccc2F)CC1. The Morgan fingerprint density at radius 1 is 1.19 bits per heavy atom. The maximum Gasteiger partial charge on any atom is 0.248 e. The van der Waals surface area contributed by atoms with Gasteiger partial charge >= 0.3 is 0 Å². The van der Waals surface area contributed by atoms with Crippen LogP contribution in [0.2, 0.25) is 0 Å². The second kappa shape index (κ2) is 7.73. The number of nitrogens with zero attached hydrogens (tertiary/aromatic N) is 3. The molecule has 2 heterocycles. The summed E-state index contributed by atoms with van der Waals surface area (Å²) in [6.45, 7) is 6.11. The van der Waals surface area contributed by atoms with Crippen LogP contribution in [0.4, 0.5) is 4.39 Å². The first-order chi connectivity index (χ1) is 12.4. The predicted octanol–water partition coefficient (Wildman–Crippen LogP) is 1.82. The fraction of sp³-hybridized carbons (Fsp3) is 0.471. The zero-order chi connectivity index (χ0) is 18.7. The van der Waals surface area contributed by atoms with Crippen molar-refractivity contribution in [3.05, 3.63) is 41.5 Å². The average molecular weight is 383 g/mol. The number of rotatable bonds is 6. The third kappa shape index (κ3) is 3.89. The minimum Gasteiger partial charge on any atom is -0.489 e. The van der Waals surface area contributed by atoms with Crippen molar-refractivity contribution in [3.8, 4) is 5.75 Å². The molecule has 1 aliphatic rings. The van der Waals surface area contributed by atoms with Crippen molar-refractivity contribution < 1.29 is 22.1 Å². The topological polar surface area (TPSA) is 75.9 Å². The Morgan fingerprint density at radius 3 is 2.50 bits per heavy atom. The Morgan fingerprint density at radius 2 is 1.88 bits per heavy atom. The second-order valence-electron chi connectivity index (χ2n) is 6.18. The summed E-state index contributed by atoms with van der Waals surface area (Å²) in [7, 11) is -3.60. The Balaban J connectivity index is 1.52. The van der Waals surface area contributed by atoms with Crippen LogP contribution < -0.4 is 4.74 Å². The van der Waals surface area contributed by atoms with Crippen LogP contribution in [-0.4, -0.2) is 62.1 Å². The summed E-state index contributed by atoms with van der Waals surface area (Å²) in [5.74, 6) is 0.151. The lowest BCUT2D eigenvalue weighted by Gasteiger charge is -2.33. The van der Waals surface area contributed by atoms with Gasteiger partial charge in [-0.1, -0.05) is 17.3 Å². The van der Waals surface area contributed by atoms with Crippen LogP contribution in [0.15, 0.2) is 33.7 Å². The number of aromatic nitrogens is 1. The third-order valence-electron chi connectivity index (χ3n) is 4.40. The molecule has 1 aromatic carbocycles. The van der Waals surface area contributed by atoms with E-state index in [1.165, 1.54) is 10.4 Å². The largest absolute Gasteiger partial charge is 0.489 e. The zero-order valence-electron chi connectivity index (χ0n) is 14.8. The van der Waals surface area contributed by atoms with Gasteiger partial charge in [0.05, 0.1) is 0 Å². The number of para-hydroxylation sites is 1. The monoisotopic (exact) mass is 383 g/mol. The summed E-state index contributed by atoms with van der Waals surface area (Å²) in [4.78, 5) is 2.26. The molecule has 1 aromatic heterocycles. The Bertz CT molecular complexity index is 841. The number of aryl methyl sites for hydroxylation is 2. The highest BCUT2D eigenvalue weighted by molar-refractivity contribution is 7.89. The van der Waals surface area contributed by atoms with Gasteiger partial charge in [-0.3, -0.25) is 4.90 Å². The van der Waals surface area contributed by atoms with Crippen molar-refractivity contribution in [3.63, 3.8) is 0 Å². The van der Waals surface area contributed by atoms with E-state index in [-0.39, 0.29) is 16.5 Å². The summed E-state index contributed by atoms with van der Waals surface area (Å²) >= 11 is 0. The second-order valence-corrected chi connectivity index (χ2v) is 8.05. The van der Waals surface area contributed by atoms with Crippen molar-refractivity contribution in [1.29, 1.82) is 0 Å². The van der Waals surface area contributed by atoms with Crippen LogP contribution in [0.1, 0.15) is 11.5 Å². The van der Waals surface area contributed by atoms with E-state index < -0.39 is 10.0 Å². The summed E-state index contributed by atoms with van der Waals surface area (Å²) < 4.78 is 51.0. The van der Waals surface area contributed by atoms with Gasteiger partial charge in [-0.2, -0.15) is 4.31 Å². The molecular formula is C17H22FN3O4S. The number of sulfonamides is 1. The first kappa shape index (κ1) is 18.8. The molecule has 9 heteroatoms. The van der Waals surface area contributed by atoms with Crippen LogP contribution >= 0.6 is 0 Å².